The molecule has 0 aliphatic heterocycles. The number of hydrogen-bond donors (Lipinski definition) is 2. The van der Waals surface area contributed by atoms with Gasteiger partial charge in [0, 0.05) is 33.4 Å². The molecule has 0 spiro atoms. The van der Waals surface area contributed by atoms with Gasteiger partial charge in [-0.3, -0.25) is 4.99 Å². The zero-order valence-electron chi connectivity index (χ0n) is 9.88. The summed E-state index contributed by atoms with van der Waals surface area (Å²) in [6.45, 7) is 5.70. The molecule has 1 fully saturated rings. The summed E-state index contributed by atoms with van der Waals surface area (Å²) in [7, 11) is 1.73. The van der Waals surface area contributed by atoms with Crippen molar-refractivity contribution in [1.82, 2.24) is 10.6 Å². The van der Waals surface area contributed by atoms with Gasteiger partial charge in [-0.1, -0.05) is 0 Å². The van der Waals surface area contributed by atoms with E-state index >= 15 is 0 Å². The first-order valence-corrected chi connectivity index (χ1v) is 5.88. The van der Waals surface area contributed by atoms with Gasteiger partial charge in [-0.05, 0) is 32.1 Å². The van der Waals surface area contributed by atoms with Crippen LogP contribution in [0.5, 0.6) is 0 Å². The summed E-state index contributed by atoms with van der Waals surface area (Å²) in [5, 5.41) is 6.54. The second-order valence-electron chi connectivity index (χ2n) is 3.94. The SMILES string of the molecule is CCNC(=NCC1CC1)NCCCOC. The topological polar surface area (TPSA) is 45.7 Å². The maximum atomic E-state index is 4.99. The van der Waals surface area contributed by atoms with Crippen molar-refractivity contribution < 1.29 is 4.74 Å². The van der Waals surface area contributed by atoms with E-state index < -0.39 is 0 Å². The molecule has 2 N–H and O–H groups in total. The first-order valence-electron chi connectivity index (χ1n) is 5.88. The van der Waals surface area contributed by atoms with Crippen LogP contribution in [0.25, 0.3) is 0 Å². The molecular formula is C11H23N3O. The van der Waals surface area contributed by atoms with Crippen LogP contribution in [-0.4, -0.2) is 39.3 Å². The number of guanidine groups is 1. The van der Waals surface area contributed by atoms with Crippen molar-refractivity contribution in [2.45, 2.75) is 26.2 Å². The molecular weight excluding hydrogens is 190 g/mol. The minimum absolute atomic E-state index is 0.801. The molecule has 15 heavy (non-hydrogen) atoms. The van der Waals surface area contributed by atoms with Crippen molar-refractivity contribution in [3.05, 3.63) is 0 Å². The van der Waals surface area contributed by atoms with E-state index in [0.717, 1.165) is 44.5 Å². The number of aliphatic imine (C=N–C) groups is 1. The number of hydrogen-bond acceptors (Lipinski definition) is 2. The van der Waals surface area contributed by atoms with Gasteiger partial charge in [0.25, 0.3) is 0 Å². The van der Waals surface area contributed by atoms with Crippen LogP contribution in [0.2, 0.25) is 0 Å². The monoisotopic (exact) mass is 213 g/mol. The third-order valence-electron chi connectivity index (χ3n) is 2.37. The van der Waals surface area contributed by atoms with E-state index in [0.29, 0.717) is 0 Å². The maximum Gasteiger partial charge on any atom is 0.191 e. The van der Waals surface area contributed by atoms with E-state index in [4.69, 9.17) is 4.74 Å². The van der Waals surface area contributed by atoms with Gasteiger partial charge in [-0.2, -0.15) is 0 Å². The lowest BCUT2D eigenvalue weighted by atomic mass is 10.4. The van der Waals surface area contributed by atoms with E-state index in [1.807, 2.05) is 0 Å². The highest BCUT2D eigenvalue weighted by atomic mass is 16.5. The van der Waals surface area contributed by atoms with Crippen molar-refractivity contribution in [1.29, 1.82) is 0 Å². The van der Waals surface area contributed by atoms with E-state index in [9.17, 15) is 0 Å². The Morgan fingerprint density at radius 2 is 2.20 bits per heavy atom. The van der Waals surface area contributed by atoms with Gasteiger partial charge in [0.05, 0.1) is 0 Å². The Balaban J connectivity index is 2.13. The minimum Gasteiger partial charge on any atom is -0.385 e. The molecule has 0 aromatic rings. The molecule has 0 radical (unpaired) electrons. The van der Waals surface area contributed by atoms with Crippen LogP contribution in [0.1, 0.15) is 26.2 Å². The Bertz CT molecular complexity index is 190. The second-order valence-corrected chi connectivity index (χ2v) is 3.94. The summed E-state index contributed by atoms with van der Waals surface area (Å²) in [4.78, 5) is 4.53. The van der Waals surface area contributed by atoms with Crippen molar-refractivity contribution in [2.75, 3.05) is 33.4 Å². The lowest BCUT2D eigenvalue weighted by Crippen LogP contribution is -2.38. The first kappa shape index (κ1) is 12.3. The quantitative estimate of drug-likeness (QED) is 0.376. The minimum atomic E-state index is 0.801. The van der Waals surface area contributed by atoms with Crippen LogP contribution < -0.4 is 10.6 Å². The Labute approximate surface area is 92.5 Å². The largest absolute Gasteiger partial charge is 0.385 e. The second kappa shape index (κ2) is 7.51. The summed E-state index contributed by atoms with van der Waals surface area (Å²) in [5.41, 5.74) is 0. The zero-order valence-corrected chi connectivity index (χ0v) is 9.88. The average molecular weight is 213 g/mol. The predicted octanol–water partition coefficient (Wildman–Crippen LogP) is 0.988. The van der Waals surface area contributed by atoms with E-state index in [2.05, 4.69) is 22.5 Å². The highest BCUT2D eigenvalue weighted by Gasteiger charge is 2.20. The predicted molar refractivity (Wildman–Crippen MR) is 63.2 cm³/mol. The number of nitrogens with one attached hydrogen (secondary N) is 2. The lowest BCUT2D eigenvalue weighted by Gasteiger charge is -2.10. The normalized spacial score (nSPS) is 16.5. The molecule has 0 atom stereocenters. The van der Waals surface area contributed by atoms with Gasteiger partial charge in [-0.15, -0.1) is 0 Å². The Morgan fingerprint density at radius 3 is 2.80 bits per heavy atom. The van der Waals surface area contributed by atoms with Crippen molar-refractivity contribution >= 4 is 5.96 Å². The van der Waals surface area contributed by atoms with Crippen molar-refractivity contribution in [2.24, 2.45) is 10.9 Å². The molecule has 4 heteroatoms. The number of methoxy groups -OCH3 is 1. The molecule has 88 valence electrons. The summed E-state index contributed by atoms with van der Waals surface area (Å²) < 4.78 is 4.99. The highest BCUT2D eigenvalue weighted by molar-refractivity contribution is 5.79. The lowest BCUT2D eigenvalue weighted by molar-refractivity contribution is 0.195. The van der Waals surface area contributed by atoms with Gasteiger partial charge in [0.2, 0.25) is 0 Å². The van der Waals surface area contributed by atoms with Gasteiger partial charge < -0.3 is 15.4 Å². The third kappa shape index (κ3) is 6.33. The molecule has 1 rings (SSSR count). The zero-order chi connectivity index (χ0) is 10.9. The van der Waals surface area contributed by atoms with Crippen molar-refractivity contribution in [3.8, 4) is 0 Å². The molecule has 0 heterocycles. The Hall–Kier alpha value is -0.770. The van der Waals surface area contributed by atoms with E-state index in [-0.39, 0.29) is 0 Å². The smallest absolute Gasteiger partial charge is 0.191 e. The molecule has 0 amide bonds. The standard InChI is InChI=1S/C11H23N3O/c1-3-12-11(13-7-4-8-15-2)14-9-10-5-6-10/h10H,3-9H2,1-2H3,(H2,12,13,14). The molecule has 0 saturated heterocycles. The number of rotatable bonds is 7. The van der Waals surface area contributed by atoms with Crippen LogP contribution in [0.4, 0.5) is 0 Å². The van der Waals surface area contributed by atoms with Crippen molar-refractivity contribution in [3.63, 3.8) is 0 Å². The average Bonchev–Trinajstić information content (AvgIpc) is 3.04. The fourth-order valence-electron chi connectivity index (χ4n) is 1.29. The summed E-state index contributed by atoms with van der Waals surface area (Å²) in [6, 6.07) is 0. The van der Waals surface area contributed by atoms with Gasteiger partial charge >= 0.3 is 0 Å². The molecule has 0 bridgehead atoms. The molecule has 1 aliphatic carbocycles. The van der Waals surface area contributed by atoms with Crippen LogP contribution in [0.3, 0.4) is 0 Å². The molecule has 1 saturated carbocycles. The van der Waals surface area contributed by atoms with E-state index in [1.165, 1.54) is 12.8 Å². The van der Waals surface area contributed by atoms with Crippen LogP contribution in [0, 0.1) is 5.92 Å². The fourth-order valence-corrected chi connectivity index (χ4v) is 1.29. The Kier molecular flexibility index (Phi) is 6.16. The first-order chi connectivity index (χ1) is 7.36. The summed E-state index contributed by atoms with van der Waals surface area (Å²) in [5.74, 6) is 1.79. The molecule has 0 aromatic heterocycles. The fraction of sp³-hybridized carbons (Fsp3) is 0.909. The van der Waals surface area contributed by atoms with Gasteiger partial charge in [-0.25, -0.2) is 0 Å². The number of nitrogens with zero attached hydrogens (tertiary/aromatic N) is 1. The Morgan fingerprint density at radius 1 is 1.40 bits per heavy atom. The van der Waals surface area contributed by atoms with Crippen LogP contribution in [0.15, 0.2) is 4.99 Å². The third-order valence-corrected chi connectivity index (χ3v) is 2.37. The summed E-state index contributed by atoms with van der Waals surface area (Å²) >= 11 is 0. The van der Waals surface area contributed by atoms with Gasteiger partial charge in [0.1, 0.15) is 0 Å². The molecule has 0 aromatic carbocycles. The molecule has 4 nitrogen and oxygen atoms in total. The molecule has 1 aliphatic rings. The highest BCUT2D eigenvalue weighted by Crippen LogP contribution is 2.28. The van der Waals surface area contributed by atoms with E-state index in [1.54, 1.807) is 7.11 Å². The maximum absolute atomic E-state index is 4.99. The van der Waals surface area contributed by atoms with Crippen LogP contribution >= 0.6 is 0 Å². The molecule has 0 unspecified atom stereocenters. The van der Waals surface area contributed by atoms with Gasteiger partial charge in [0.15, 0.2) is 5.96 Å². The number of ether oxygens (including phenoxy) is 1. The summed E-state index contributed by atoms with van der Waals surface area (Å²) in [6.07, 6.45) is 3.73. The van der Waals surface area contributed by atoms with Crippen LogP contribution in [-0.2, 0) is 4.74 Å².